The lowest BCUT2D eigenvalue weighted by molar-refractivity contribution is -0.117. The van der Waals surface area contributed by atoms with Gasteiger partial charge in [-0.05, 0) is 55.3 Å². The van der Waals surface area contributed by atoms with Crippen LogP contribution < -0.4 is 14.4 Å². The summed E-state index contributed by atoms with van der Waals surface area (Å²) in [7, 11) is -2.13. The fourth-order valence-corrected chi connectivity index (χ4v) is 4.96. The minimum absolute atomic E-state index is 0.0743. The van der Waals surface area contributed by atoms with E-state index in [1.165, 1.54) is 4.31 Å². The number of nitrogens with zero attached hydrogens (tertiary/aromatic N) is 2. The molecule has 0 N–H and O–H groups in total. The summed E-state index contributed by atoms with van der Waals surface area (Å²) < 4.78 is 38.7. The molecule has 0 spiro atoms. The Balaban J connectivity index is 1.80. The molecule has 0 aromatic heterocycles. The number of benzene rings is 2. The summed E-state index contributed by atoms with van der Waals surface area (Å²) in [5, 5.41) is 0. The third-order valence-electron chi connectivity index (χ3n) is 5.10. The zero-order valence-corrected chi connectivity index (χ0v) is 18.4. The standard InChI is InChI=1S/C22H28N2O5S/c1-4-23(16-17-8-13-20(29-5-2)21(15-17)28-3)30(26,27)19-11-9-18(10-12-19)24-14-6-7-22(24)25/h8-13,15H,4-7,14,16H2,1-3H3. The molecule has 0 atom stereocenters. The van der Waals surface area contributed by atoms with E-state index < -0.39 is 10.0 Å². The number of hydrogen-bond acceptors (Lipinski definition) is 5. The minimum Gasteiger partial charge on any atom is -0.493 e. The number of rotatable bonds is 9. The third kappa shape index (κ3) is 4.60. The summed E-state index contributed by atoms with van der Waals surface area (Å²) in [6, 6.07) is 12.0. The van der Waals surface area contributed by atoms with Crippen molar-refractivity contribution >= 4 is 21.6 Å². The molecule has 1 saturated heterocycles. The van der Waals surface area contributed by atoms with Crippen molar-refractivity contribution in [1.82, 2.24) is 4.31 Å². The Labute approximate surface area is 178 Å². The summed E-state index contributed by atoms with van der Waals surface area (Å²) in [5.74, 6) is 1.27. The van der Waals surface area contributed by atoms with Crippen LogP contribution in [0.4, 0.5) is 5.69 Å². The molecule has 8 heteroatoms. The maximum Gasteiger partial charge on any atom is 0.243 e. The predicted octanol–water partition coefficient (Wildman–Crippen LogP) is 3.43. The van der Waals surface area contributed by atoms with E-state index in [1.807, 2.05) is 13.0 Å². The zero-order chi connectivity index (χ0) is 21.7. The van der Waals surface area contributed by atoms with Crippen LogP contribution in [0.1, 0.15) is 32.3 Å². The minimum atomic E-state index is -3.69. The molecule has 1 heterocycles. The van der Waals surface area contributed by atoms with Gasteiger partial charge in [0.2, 0.25) is 15.9 Å². The number of ether oxygens (including phenoxy) is 2. The lowest BCUT2D eigenvalue weighted by Gasteiger charge is -2.22. The largest absolute Gasteiger partial charge is 0.493 e. The van der Waals surface area contributed by atoms with Gasteiger partial charge in [0, 0.05) is 31.7 Å². The normalized spacial score (nSPS) is 14.4. The summed E-state index contributed by atoms with van der Waals surface area (Å²) in [6.07, 6.45) is 1.36. The number of methoxy groups -OCH3 is 1. The molecule has 1 amide bonds. The molecule has 0 aliphatic carbocycles. The van der Waals surface area contributed by atoms with Gasteiger partial charge >= 0.3 is 0 Å². The summed E-state index contributed by atoms with van der Waals surface area (Å²) in [6.45, 7) is 5.43. The first-order valence-electron chi connectivity index (χ1n) is 10.1. The van der Waals surface area contributed by atoms with E-state index in [-0.39, 0.29) is 17.3 Å². The first-order chi connectivity index (χ1) is 14.4. The Kier molecular flexibility index (Phi) is 6.99. The van der Waals surface area contributed by atoms with Gasteiger partial charge in [-0.3, -0.25) is 4.79 Å². The van der Waals surface area contributed by atoms with Crippen LogP contribution in [0.5, 0.6) is 11.5 Å². The van der Waals surface area contributed by atoms with Gasteiger partial charge in [-0.2, -0.15) is 4.31 Å². The van der Waals surface area contributed by atoms with E-state index in [4.69, 9.17) is 9.47 Å². The van der Waals surface area contributed by atoms with Crippen LogP contribution in [-0.2, 0) is 21.4 Å². The second-order valence-electron chi connectivity index (χ2n) is 6.99. The molecule has 2 aromatic carbocycles. The predicted molar refractivity (Wildman–Crippen MR) is 115 cm³/mol. The van der Waals surface area contributed by atoms with E-state index in [0.29, 0.717) is 37.6 Å². The van der Waals surface area contributed by atoms with Gasteiger partial charge in [-0.25, -0.2) is 8.42 Å². The van der Waals surface area contributed by atoms with Crippen molar-refractivity contribution in [2.45, 2.75) is 38.1 Å². The maximum absolute atomic E-state index is 13.2. The highest BCUT2D eigenvalue weighted by Gasteiger charge is 2.25. The zero-order valence-electron chi connectivity index (χ0n) is 17.6. The molecular weight excluding hydrogens is 404 g/mol. The SMILES string of the molecule is CCOc1ccc(CN(CC)S(=O)(=O)c2ccc(N3CCCC3=O)cc2)cc1OC. The Morgan fingerprint density at radius 2 is 1.80 bits per heavy atom. The van der Waals surface area contributed by atoms with E-state index in [0.717, 1.165) is 17.7 Å². The third-order valence-corrected chi connectivity index (χ3v) is 7.03. The topological polar surface area (TPSA) is 76.2 Å². The van der Waals surface area contributed by atoms with Crippen LogP contribution in [0.25, 0.3) is 0 Å². The highest BCUT2D eigenvalue weighted by atomic mass is 32.2. The van der Waals surface area contributed by atoms with Crippen LogP contribution in [0, 0.1) is 0 Å². The maximum atomic E-state index is 13.2. The molecule has 0 bridgehead atoms. The van der Waals surface area contributed by atoms with E-state index in [9.17, 15) is 13.2 Å². The number of carbonyl (C=O) groups is 1. The quantitative estimate of drug-likeness (QED) is 0.607. The van der Waals surface area contributed by atoms with Gasteiger partial charge in [0.15, 0.2) is 11.5 Å². The number of hydrogen-bond donors (Lipinski definition) is 0. The van der Waals surface area contributed by atoms with E-state index in [2.05, 4.69) is 0 Å². The van der Waals surface area contributed by atoms with Crippen molar-refractivity contribution in [3.63, 3.8) is 0 Å². The van der Waals surface area contributed by atoms with Gasteiger partial charge < -0.3 is 14.4 Å². The second kappa shape index (κ2) is 9.49. The van der Waals surface area contributed by atoms with E-state index in [1.54, 1.807) is 55.3 Å². The molecule has 0 radical (unpaired) electrons. The summed E-state index contributed by atoms with van der Waals surface area (Å²) in [4.78, 5) is 13.8. The Morgan fingerprint density at radius 1 is 1.07 bits per heavy atom. The van der Waals surface area contributed by atoms with Gasteiger partial charge in [0.25, 0.3) is 0 Å². The lowest BCUT2D eigenvalue weighted by Crippen LogP contribution is -2.30. The van der Waals surface area contributed by atoms with Crippen molar-refractivity contribution in [1.29, 1.82) is 0 Å². The molecule has 1 aliphatic rings. The molecule has 162 valence electrons. The van der Waals surface area contributed by atoms with Crippen molar-refractivity contribution < 1.29 is 22.7 Å². The first-order valence-corrected chi connectivity index (χ1v) is 11.5. The Hall–Kier alpha value is -2.58. The Morgan fingerprint density at radius 3 is 2.37 bits per heavy atom. The van der Waals surface area contributed by atoms with Crippen molar-refractivity contribution in [3.05, 3.63) is 48.0 Å². The average Bonchev–Trinajstić information content (AvgIpc) is 3.18. The van der Waals surface area contributed by atoms with Crippen LogP contribution in [0.2, 0.25) is 0 Å². The molecular formula is C22H28N2O5S. The van der Waals surface area contributed by atoms with Crippen LogP contribution in [0.15, 0.2) is 47.4 Å². The molecule has 0 saturated carbocycles. The van der Waals surface area contributed by atoms with Gasteiger partial charge in [-0.15, -0.1) is 0 Å². The number of amides is 1. The van der Waals surface area contributed by atoms with Gasteiger partial charge in [0.1, 0.15) is 0 Å². The van der Waals surface area contributed by atoms with Crippen molar-refractivity contribution in [3.8, 4) is 11.5 Å². The lowest BCUT2D eigenvalue weighted by atomic mass is 10.2. The molecule has 1 fully saturated rings. The van der Waals surface area contributed by atoms with Gasteiger partial charge in [0.05, 0.1) is 18.6 Å². The van der Waals surface area contributed by atoms with Crippen LogP contribution in [0.3, 0.4) is 0 Å². The average molecular weight is 433 g/mol. The first kappa shape index (κ1) is 22.1. The monoisotopic (exact) mass is 432 g/mol. The molecule has 1 aliphatic heterocycles. The fourth-order valence-electron chi connectivity index (χ4n) is 3.52. The highest BCUT2D eigenvalue weighted by Crippen LogP contribution is 2.30. The summed E-state index contributed by atoms with van der Waals surface area (Å²) in [5.41, 5.74) is 1.54. The van der Waals surface area contributed by atoms with Gasteiger partial charge in [-0.1, -0.05) is 13.0 Å². The highest BCUT2D eigenvalue weighted by molar-refractivity contribution is 7.89. The molecule has 0 unspecified atom stereocenters. The van der Waals surface area contributed by atoms with Crippen LogP contribution in [-0.4, -0.2) is 45.4 Å². The molecule has 3 rings (SSSR count). The number of anilines is 1. The van der Waals surface area contributed by atoms with Crippen molar-refractivity contribution in [2.75, 3.05) is 31.7 Å². The van der Waals surface area contributed by atoms with Crippen LogP contribution >= 0.6 is 0 Å². The number of sulfonamides is 1. The second-order valence-corrected chi connectivity index (χ2v) is 8.93. The fraction of sp³-hybridized carbons (Fsp3) is 0.409. The summed E-state index contributed by atoms with van der Waals surface area (Å²) >= 11 is 0. The molecule has 2 aromatic rings. The number of carbonyl (C=O) groups excluding carboxylic acids is 1. The smallest absolute Gasteiger partial charge is 0.243 e. The van der Waals surface area contributed by atoms with Crippen molar-refractivity contribution in [2.24, 2.45) is 0 Å². The molecule has 30 heavy (non-hydrogen) atoms. The molecule has 7 nitrogen and oxygen atoms in total. The Bertz CT molecular complexity index is 989. The van der Waals surface area contributed by atoms with E-state index >= 15 is 0 Å².